The molecular formula is C23H25FN4O. The second-order valence-electron chi connectivity index (χ2n) is 8.01. The molecule has 1 aliphatic rings. The van der Waals surface area contributed by atoms with Crippen molar-refractivity contribution in [2.45, 2.75) is 57.8 Å². The number of aliphatic hydroxyl groups is 1. The van der Waals surface area contributed by atoms with Crippen LogP contribution in [0.4, 0.5) is 10.1 Å². The predicted molar refractivity (Wildman–Crippen MR) is 112 cm³/mol. The van der Waals surface area contributed by atoms with Gasteiger partial charge in [0.15, 0.2) is 0 Å². The number of hydrogen-bond donors (Lipinski definition) is 2. The van der Waals surface area contributed by atoms with Crippen LogP contribution in [-0.4, -0.2) is 20.8 Å². The number of nitrogen functional groups attached to an aromatic ring is 1. The Hall–Kier alpha value is -2.91. The van der Waals surface area contributed by atoms with E-state index in [0.29, 0.717) is 22.4 Å². The van der Waals surface area contributed by atoms with Crippen molar-refractivity contribution in [1.82, 2.24) is 9.55 Å². The lowest BCUT2D eigenvalue weighted by molar-refractivity contribution is 0.111. The van der Waals surface area contributed by atoms with Gasteiger partial charge in [-0.2, -0.15) is 5.26 Å². The summed E-state index contributed by atoms with van der Waals surface area (Å²) in [6.45, 7) is 3.40. The Morgan fingerprint density at radius 3 is 2.62 bits per heavy atom. The Bertz CT molecular complexity index is 1100. The summed E-state index contributed by atoms with van der Waals surface area (Å²) in [5.74, 6) is 0. The molecule has 0 saturated heterocycles. The average Bonchev–Trinajstić information content (AvgIpc) is 3.05. The lowest BCUT2D eigenvalue weighted by atomic mass is 9.93. The highest BCUT2D eigenvalue weighted by Gasteiger charge is 2.25. The maximum absolute atomic E-state index is 14.5. The van der Waals surface area contributed by atoms with Crippen molar-refractivity contribution in [3.8, 4) is 17.2 Å². The number of aromatic nitrogens is 2. The van der Waals surface area contributed by atoms with Crippen molar-refractivity contribution in [3.63, 3.8) is 0 Å². The first kappa shape index (κ1) is 19.4. The molecule has 0 spiro atoms. The Morgan fingerprint density at radius 2 is 1.97 bits per heavy atom. The zero-order valence-corrected chi connectivity index (χ0v) is 16.7. The molecule has 3 N–H and O–H groups in total. The van der Waals surface area contributed by atoms with Gasteiger partial charge >= 0.3 is 0 Å². The fourth-order valence-electron chi connectivity index (χ4n) is 4.52. The normalized spacial score (nSPS) is 20.5. The molecule has 1 saturated carbocycles. The third kappa shape index (κ3) is 3.36. The number of aryl methyl sites for hydroxylation is 1. The van der Waals surface area contributed by atoms with Crippen LogP contribution < -0.4 is 5.73 Å². The van der Waals surface area contributed by atoms with Gasteiger partial charge in [0.05, 0.1) is 29.6 Å². The van der Waals surface area contributed by atoms with E-state index in [1.165, 1.54) is 13.1 Å². The summed E-state index contributed by atoms with van der Waals surface area (Å²) in [7, 11) is 0. The van der Waals surface area contributed by atoms with Crippen molar-refractivity contribution in [2.75, 3.05) is 5.73 Å². The number of halogens is 1. The number of rotatable bonds is 3. The quantitative estimate of drug-likeness (QED) is 0.658. The molecule has 1 fully saturated rings. The highest BCUT2D eigenvalue weighted by molar-refractivity contribution is 5.98. The minimum absolute atomic E-state index is 0.239. The topological polar surface area (TPSA) is 87.9 Å². The Labute approximate surface area is 169 Å². The number of aliphatic hydroxyl groups excluding tert-OH is 1. The zero-order chi connectivity index (χ0) is 20.7. The molecule has 5 nitrogen and oxygen atoms in total. The van der Waals surface area contributed by atoms with Crippen LogP contribution in [0.3, 0.4) is 0 Å². The van der Waals surface area contributed by atoms with Crippen LogP contribution in [0.1, 0.15) is 61.5 Å². The van der Waals surface area contributed by atoms with Gasteiger partial charge in [-0.25, -0.2) is 4.39 Å². The summed E-state index contributed by atoms with van der Waals surface area (Å²) in [4.78, 5) is 4.20. The van der Waals surface area contributed by atoms with E-state index in [4.69, 9.17) is 5.73 Å². The first-order valence-electron chi connectivity index (χ1n) is 10.0. The Balaban J connectivity index is 1.98. The fraction of sp³-hybridized carbons (Fsp3) is 0.391. The lowest BCUT2D eigenvalue weighted by Gasteiger charge is -2.27. The smallest absolute Gasteiger partial charge is 0.125 e. The van der Waals surface area contributed by atoms with Crippen molar-refractivity contribution >= 4 is 16.6 Å². The summed E-state index contributed by atoms with van der Waals surface area (Å²) >= 11 is 0. The monoisotopic (exact) mass is 392 g/mol. The van der Waals surface area contributed by atoms with Crippen molar-refractivity contribution in [1.29, 1.82) is 5.26 Å². The summed E-state index contributed by atoms with van der Waals surface area (Å²) in [6.07, 6.45) is 6.97. The molecule has 2 aromatic heterocycles. The molecule has 1 atom stereocenters. The highest BCUT2D eigenvalue weighted by atomic mass is 19.1. The summed E-state index contributed by atoms with van der Waals surface area (Å²) < 4.78 is 16.7. The Morgan fingerprint density at radius 1 is 1.24 bits per heavy atom. The lowest BCUT2D eigenvalue weighted by Crippen LogP contribution is -2.20. The summed E-state index contributed by atoms with van der Waals surface area (Å²) in [5.41, 5.74) is 10.8. The molecule has 3 aromatic rings. The van der Waals surface area contributed by atoms with Crippen LogP contribution in [0, 0.1) is 18.3 Å². The van der Waals surface area contributed by atoms with E-state index in [9.17, 15) is 14.8 Å². The van der Waals surface area contributed by atoms with Crippen molar-refractivity contribution in [2.24, 2.45) is 0 Å². The third-order valence-corrected chi connectivity index (χ3v) is 6.07. The molecule has 6 heteroatoms. The molecular weight excluding hydrogens is 367 g/mol. The molecule has 4 rings (SSSR count). The average molecular weight is 392 g/mol. The number of pyridine rings is 1. The van der Waals surface area contributed by atoms with E-state index in [2.05, 4.69) is 15.6 Å². The molecule has 1 unspecified atom stereocenters. The predicted octanol–water partition coefficient (Wildman–Crippen LogP) is 4.97. The minimum Gasteiger partial charge on any atom is -0.397 e. The number of fused-ring (bicyclic) bond motifs is 1. The standard InChI is InChI=1S/C23H25FN4O/c1-13-7-22-18(8-15(13)9-25)20(12-28(22)16-3-5-17(29)6-4-16)19-10-27-11-21(26)23(19)14(2)24/h7-8,10-12,14,16-17,29H,3-6,26H2,1-2H3. The van der Waals surface area contributed by atoms with Crippen LogP contribution in [0.25, 0.3) is 22.0 Å². The number of nitrogens with two attached hydrogens (primary N) is 1. The van der Waals surface area contributed by atoms with Gasteiger partial charge in [-0.3, -0.25) is 4.98 Å². The van der Waals surface area contributed by atoms with E-state index >= 15 is 0 Å². The van der Waals surface area contributed by atoms with Gasteiger partial charge in [-0.1, -0.05) is 0 Å². The first-order chi connectivity index (χ1) is 13.9. The number of benzene rings is 1. The van der Waals surface area contributed by atoms with Gasteiger partial charge in [0.2, 0.25) is 0 Å². The minimum atomic E-state index is -1.24. The van der Waals surface area contributed by atoms with E-state index < -0.39 is 6.17 Å². The van der Waals surface area contributed by atoms with Gasteiger partial charge < -0.3 is 15.4 Å². The molecule has 150 valence electrons. The number of nitrogens with zero attached hydrogens (tertiary/aromatic N) is 3. The summed E-state index contributed by atoms with van der Waals surface area (Å²) in [6, 6.07) is 6.41. The molecule has 1 aliphatic carbocycles. The molecule has 0 amide bonds. The second-order valence-corrected chi connectivity index (χ2v) is 8.01. The van der Waals surface area contributed by atoms with Crippen LogP contribution in [0.2, 0.25) is 0 Å². The van der Waals surface area contributed by atoms with E-state index in [0.717, 1.165) is 47.7 Å². The van der Waals surface area contributed by atoms with Crippen LogP contribution in [0.5, 0.6) is 0 Å². The molecule has 2 heterocycles. The van der Waals surface area contributed by atoms with Crippen LogP contribution in [0.15, 0.2) is 30.7 Å². The number of alkyl halides is 1. The number of anilines is 1. The molecule has 29 heavy (non-hydrogen) atoms. The van der Waals surface area contributed by atoms with E-state index in [-0.39, 0.29) is 12.1 Å². The second kappa shape index (κ2) is 7.49. The molecule has 0 radical (unpaired) electrons. The van der Waals surface area contributed by atoms with Gasteiger partial charge in [-0.15, -0.1) is 0 Å². The fourth-order valence-corrected chi connectivity index (χ4v) is 4.52. The first-order valence-corrected chi connectivity index (χ1v) is 10.0. The van der Waals surface area contributed by atoms with Gasteiger partial charge in [0.1, 0.15) is 6.17 Å². The van der Waals surface area contributed by atoms with E-state index in [1.54, 1.807) is 6.20 Å². The van der Waals surface area contributed by atoms with Crippen LogP contribution in [-0.2, 0) is 0 Å². The largest absolute Gasteiger partial charge is 0.397 e. The van der Waals surface area contributed by atoms with Crippen molar-refractivity contribution in [3.05, 3.63) is 47.4 Å². The van der Waals surface area contributed by atoms with Crippen molar-refractivity contribution < 1.29 is 9.50 Å². The zero-order valence-electron chi connectivity index (χ0n) is 16.7. The molecule has 0 aliphatic heterocycles. The maximum Gasteiger partial charge on any atom is 0.125 e. The molecule has 1 aromatic carbocycles. The summed E-state index contributed by atoms with van der Waals surface area (Å²) in [5, 5.41) is 20.3. The van der Waals surface area contributed by atoms with E-state index in [1.807, 2.05) is 25.3 Å². The number of nitriles is 1. The SMILES string of the molecule is Cc1cc2c(cc1C#N)c(-c1cncc(N)c1C(C)F)cn2C1CCC(O)CC1. The van der Waals surface area contributed by atoms with Gasteiger partial charge in [-0.05, 0) is 57.2 Å². The third-order valence-electron chi connectivity index (χ3n) is 6.07. The highest BCUT2D eigenvalue weighted by Crippen LogP contribution is 2.41. The van der Waals surface area contributed by atoms with Gasteiger partial charge in [0.25, 0.3) is 0 Å². The van der Waals surface area contributed by atoms with Crippen LogP contribution >= 0.6 is 0 Å². The molecule has 0 bridgehead atoms. The Kier molecular flexibility index (Phi) is 5.01. The maximum atomic E-state index is 14.5. The number of hydrogen-bond acceptors (Lipinski definition) is 4. The van der Waals surface area contributed by atoms with Gasteiger partial charge in [0, 0.05) is 46.0 Å².